The summed E-state index contributed by atoms with van der Waals surface area (Å²) < 4.78 is 5.15. The molecule has 3 aromatic heterocycles. The van der Waals surface area contributed by atoms with Gasteiger partial charge in [0, 0.05) is 50.5 Å². The predicted octanol–water partition coefficient (Wildman–Crippen LogP) is 2.58. The minimum atomic E-state index is -0.266. The predicted molar refractivity (Wildman–Crippen MR) is 113 cm³/mol. The molecule has 1 N–H and O–H groups in total. The Morgan fingerprint density at radius 3 is 2.77 bits per heavy atom. The zero-order chi connectivity index (χ0) is 20.9. The summed E-state index contributed by atoms with van der Waals surface area (Å²) in [5.41, 5.74) is 2.33. The average molecular weight is 426 g/mol. The minimum Gasteiger partial charge on any atom is -0.469 e. The van der Waals surface area contributed by atoms with Crippen LogP contribution in [0.3, 0.4) is 0 Å². The molecule has 1 saturated heterocycles. The van der Waals surface area contributed by atoms with Crippen molar-refractivity contribution in [2.45, 2.75) is 19.9 Å². The van der Waals surface area contributed by atoms with Crippen LogP contribution in [-0.4, -0.2) is 57.8 Å². The van der Waals surface area contributed by atoms with Gasteiger partial charge in [-0.25, -0.2) is 4.98 Å². The van der Waals surface area contributed by atoms with Gasteiger partial charge in [0.05, 0.1) is 23.9 Å². The van der Waals surface area contributed by atoms with E-state index in [1.54, 1.807) is 19.2 Å². The molecule has 9 heteroatoms. The van der Waals surface area contributed by atoms with E-state index in [-0.39, 0.29) is 18.2 Å². The highest BCUT2D eigenvalue weighted by molar-refractivity contribution is 7.14. The highest BCUT2D eigenvalue weighted by Gasteiger charge is 2.22. The van der Waals surface area contributed by atoms with Crippen molar-refractivity contribution < 1.29 is 14.0 Å². The molecule has 1 aliphatic heterocycles. The van der Waals surface area contributed by atoms with Gasteiger partial charge in [0.2, 0.25) is 5.91 Å². The summed E-state index contributed by atoms with van der Waals surface area (Å²) in [4.78, 5) is 37.7. The van der Waals surface area contributed by atoms with Gasteiger partial charge < -0.3 is 9.32 Å². The van der Waals surface area contributed by atoms with Crippen LogP contribution in [0.5, 0.6) is 0 Å². The number of pyridine rings is 1. The summed E-state index contributed by atoms with van der Waals surface area (Å²) in [6.07, 6.45) is 5.37. The Kier molecular flexibility index (Phi) is 6.20. The molecular weight excluding hydrogens is 402 g/mol. The van der Waals surface area contributed by atoms with E-state index in [1.807, 2.05) is 22.5 Å². The normalized spacial score (nSPS) is 14.6. The lowest BCUT2D eigenvalue weighted by atomic mass is 10.2. The molecule has 1 aliphatic rings. The van der Waals surface area contributed by atoms with Crippen molar-refractivity contribution in [3.8, 4) is 0 Å². The van der Waals surface area contributed by atoms with Crippen LogP contribution in [0.1, 0.15) is 27.4 Å². The quantitative estimate of drug-likeness (QED) is 0.653. The fourth-order valence-electron chi connectivity index (χ4n) is 3.40. The highest BCUT2D eigenvalue weighted by Crippen LogP contribution is 2.19. The zero-order valence-corrected chi connectivity index (χ0v) is 17.5. The number of anilines is 1. The molecule has 0 aromatic carbocycles. The van der Waals surface area contributed by atoms with E-state index < -0.39 is 0 Å². The van der Waals surface area contributed by atoms with Gasteiger partial charge in [0.25, 0.3) is 5.91 Å². The third-order valence-corrected chi connectivity index (χ3v) is 5.87. The number of thiazole rings is 1. The van der Waals surface area contributed by atoms with Crippen molar-refractivity contribution in [3.63, 3.8) is 0 Å². The molecule has 0 bridgehead atoms. The van der Waals surface area contributed by atoms with Crippen molar-refractivity contribution in [1.82, 2.24) is 19.8 Å². The second-order valence-electron chi connectivity index (χ2n) is 7.18. The molecule has 0 unspecified atom stereocenters. The van der Waals surface area contributed by atoms with E-state index >= 15 is 0 Å². The van der Waals surface area contributed by atoms with Crippen LogP contribution in [0.15, 0.2) is 46.7 Å². The first-order valence-corrected chi connectivity index (χ1v) is 10.7. The van der Waals surface area contributed by atoms with Crippen molar-refractivity contribution in [1.29, 1.82) is 0 Å². The number of piperazine rings is 1. The van der Waals surface area contributed by atoms with E-state index in [9.17, 15) is 9.59 Å². The average Bonchev–Trinajstić information content (AvgIpc) is 3.38. The zero-order valence-electron chi connectivity index (χ0n) is 16.7. The van der Waals surface area contributed by atoms with Gasteiger partial charge in [0.1, 0.15) is 5.76 Å². The third kappa shape index (κ3) is 4.92. The van der Waals surface area contributed by atoms with Crippen LogP contribution in [0.4, 0.5) is 5.13 Å². The first-order valence-electron chi connectivity index (χ1n) is 9.77. The summed E-state index contributed by atoms with van der Waals surface area (Å²) in [6.45, 7) is 5.66. The molecule has 0 aliphatic carbocycles. The van der Waals surface area contributed by atoms with Crippen LogP contribution in [-0.2, 0) is 17.8 Å². The molecule has 1 fully saturated rings. The first kappa shape index (κ1) is 20.2. The van der Waals surface area contributed by atoms with Crippen LogP contribution in [0, 0.1) is 6.92 Å². The number of rotatable bonds is 6. The lowest BCUT2D eigenvalue weighted by molar-refractivity contribution is -0.132. The fraction of sp³-hybridized carbons (Fsp3) is 0.333. The molecule has 0 spiro atoms. The largest absolute Gasteiger partial charge is 0.469 e. The van der Waals surface area contributed by atoms with Gasteiger partial charge in [-0.05, 0) is 24.6 Å². The van der Waals surface area contributed by atoms with E-state index in [0.29, 0.717) is 35.2 Å². The number of hydrogen-bond donors (Lipinski definition) is 1. The lowest BCUT2D eigenvalue weighted by Crippen LogP contribution is -2.48. The van der Waals surface area contributed by atoms with Crippen LogP contribution < -0.4 is 5.32 Å². The highest BCUT2D eigenvalue weighted by atomic mass is 32.1. The van der Waals surface area contributed by atoms with Crippen LogP contribution in [0.25, 0.3) is 0 Å². The number of aromatic nitrogens is 2. The number of carbonyl (C=O) groups is 2. The van der Waals surface area contributed by atoms with Crippen molar-refractivity contribution in [2.24, 2.45) is 0 Å². The number of amides is 2. The van der Waals surface area contributed by atoms with Crippen molar-refractivity contribution >= 4 is 28.3 Å². The third-order valence-electron chi connectivity index (χ3n) is 5.06. The van der Waals surface area contributed by atoms with Gasteiger partial charge in [0.15, 0.2) is 5.13 Å². The number of nitrogens with one attached hydrogen (secondary N) is 1. The summed E-state index contributed by atoms with van der Waals surface area (Å²) in [6, 6.07) is 5.63. The monoisotopic (exact) mass is 425 g/mol. The van der Waals surface area contributed by atoms with Gasteiger partial charge in [-0.1, -0.05) is 6.07 Å². The fourth-order valence-corrected chi connectivity index (χ4v) is 4.11. The topological polar surface area (TPSA) is 91.6 Å². The SMILES string of the molecule is Cc1occc1C(=O)Nc1nc(CC(=O)N2CCN(Cc3cccnc3)CC2)cs1. The van der Waals surface area contributed by atoms with Gasteiger partial charge in [-0.3, -0.25) is 24.8 Å². The van der Waals surface area contributed by atoms with Gasteiger partial charge >= 0.3 is 0 Å². The lowest BCUT2D eigenvalue weighted by Gasteiger charge is -2.34. The van der Waals surface area contributed by atoms with E-state index in [1.165, 1.54) is 23.2 Å². The molecule has 0 atom stereocenters. The maximum atomic E-state index is 12.7. The van der Waals surface area contributed by atoms with E-state index in [0.717, 1.165) is 19.6 Å². The second-order valence-corrected chi connectivity index (χ2v) is 8.04. The molecule has 4 heterocycles. The summed E-state index contributed by atoms with van der Waals surface area (Å²) in [7, 11) is 0. The Bertz CT molecular complexity index is 1010. The molecule has 3 aromatic rings. The maximum Gasteiger partial charge on any atom is 0.260 e. The Hall–Kier alpha value is -3.04. The van der Waals surface area contributed by atoms with Crippen molar-refractivity contribution in [3.05, 3.63) is 64.8 Å². The van der Waals surface area contributed by atoms with Crippen LogP contribution in [0.2, 0.25) is 0 Å². The Balaban J connectivity index is 1.26. The molecular formula is C21H23N5O3S. The van der Waals surface area contributed by atoms with Gasteiger partial charge in [-0.15, -0.1) is 11.3 Å². The number of carbonyl (C=O) groups excluding carboxylic acids is 2. The minimum absolute atomic E-state index is 0.0601. The number of hydrogen-bond acceptors (Lipinski definition) is 7. The molecule has 0 saturated carbocycles. The molecule has 2 amide bonds. The number of aryl methyl sites for hydroxylation is 1. The summed E-state index contributed by atoms with van der Waals surface area (Å²) in [5.74, 6) is 0.352. The van der Waals surface area contributed by atoms with E-state index in [4.69, 9.17) is 4.42 Å². The maximum absolute atomic E-state index is 12.7. The molecule has 30 heavy (non-hydrogen) atoms. The van der Waals surface area contributed by atoms with Gasteiger partial charge in [-0.2, -0.15) is 0 Å². The molecule has 4 rings (SSSR count). The smallest absolute Gasteiger partial charge is 0.260 e. The Labute approximate surface area is 178 Å². The Morgan fingerprint density at radius 2 is 2.07 bits per heavy atom. The first-order chi connectivity index (χ1) is 14.6. The second kappa shape index (κ2) is 9.19. The molecule has 0 radical (unpaired) electrons. The molecule has 8 nitrogen and oxygen atoms in total. The summed E-state index contributed by atoms with van der Waals surface area (Å²) >= 11 is 1.31. The standard InChI is InChI=1S/C21H23N5O3S/c1-15-18(4-10-29-15)20(28)24-21-23-17(14-30-21)11-19(27)26-8-6-25(7-9-26)13-16-3-2-5-22-12-16/h2-5,10,12,14H,6-9,11,13H2,1H3,(H,23,24,28). The summed E-state index contributed by atoms with van der Waals surface area (Å²) in [5, 5.41) is 5.05. The van der Waals surface area contributed by atoms with E-state index in [2.05, 4.69) is 26.3 Å². The Morgan fingerprint density at radius 1 is 1.23 bits per heavy atom. The van der Waals surface area contributed by atoms with Crippen LogP contribution >= 0.6 is 11.3 Å². The number of nitrogens with zero attached hydrogens (tertiary/aromatic N) is 4. The number of furan rings is 1. The van der Waals surface area contributed by atoms with Crippen molar-refractivity contribution in [2.75, 3.05) is 31.5 Å². The molecule has 156 valence electrons.